The van der Waals surface area contributed by atoms with E-state index in [2.05, 4.69) is 15.6 Å². The van der Waals surface area contributed by atoms with E-state index in [4.69, 9.17) is 9.47 Å². The van der Waals surface area contributed by atoms with E-state index in [1.54, 1.807) is 54.7 Å². The third-order valence-corrected chi connectivity index (χ3v) is 7.15. The Kier molecular flexibility index (Phi) is 9.07. The second-order valence-corrected chi connectivity index (χ2v) is 10.1. The summed E-state index contributed by atoms with van der Waals surface area (Å²) in [5, 5.41) is 5.70. The number of hydrogen-bond donors (Lipinski definition) is 2. The van der Waals surface area contributed by atoms with Gasteiger partial charge in [-0.25, -0.2) is 9.18 Å². The average Bonchev–Trinajstić information content (AvgIpc) is 3.04. The molecule has 4 aromatic rings. The Morgan fingerprint density at radius 3 is 2.30 bits per heavy atom. The van der Waals surface area contributed by atoms with Crippen molar-refractivity contribution in [2.75, 3.05) is 43.6 Å². The number of pyridine rings is 1. The van der Waals surface area contributed by atoms with Crippen LogP contribution in [0.2, 0.25) is 0 Å². The fourth-order valence-corrected chi connectivity index (χ4v) is 4.77. The zero-order chi connectivity index (χ0) is 30.3. The van der Waals surface area contributed by atoms with Gasteiger partial charge in [0, 0.05) is 47.7 Å². The summed E-state index contributed by atoms with van der Waals surface area (Å²) in [5.41, 5.74) is 5.40. The average molecular weight is 583 g/mol. The van der Waals surface area contributed by atoms with E-state index >= 15 is 0 Å². The van der Waals surface area contributed by atoms with E-state index in [9.17, 15) is 18.8 Å². The summed E-state index contributed by atoms with van der Waals surface area (Å²) >= 11 is 0. The molecule has 1 saturated heterocycles. The lowest BCUT2D eigenvalue weighted by Gasteiger charge is -2.29. The maximum atomic E-state index is 14.4. The number of methoxy groups -OCH3 is 1. The van der Waals surface area contributed by atoms with Crippen molar-refractivity contribution in [1.82, 2.24) is 10.3 Å². The number of carbonyl (C=O) groups excluding carboxylic acids is 3. The number of nitrogens with one attached hydrogen (secondary N) is 2. The molecule has 2 N–H and O–H groups in total. The zero-order valence-corrected chi connectivity index (χ0v) is 23.9. The number of hydrogen-bond acceptors (Lipinski definition) is 7. The maximum absolute atomic E-state index is 14.4. The molecule has 1 aromatic heterocycles. The Morgan fingerprint density at radius 2 is 1.60 bits per heavy atom. The van der Waals surface area contributed by atoms with Crippen LogP contribution in [-0.2, 0) is 16.0 Å². The number of aromatic nitrogens is 1. The highest BCUT2D eigenvalue weighted by atomic mass is 19.1. The van der Waals surface area contributed by atoms with Crippen molar-refractivity contribution in [3.8, 4) is 11.1 Å². The molecular formula is C33H31FN4O5. The highest BCUT2D eigenvalue weighted by molar-refractivity contribution is 6.05. The van der Waals surface area contributed by atoms with Crippen LogP contribution in [0.15, 0.2) is 79.0 Å². The summed E-state index contributed by atoms with van der Waals surface area (Å²) in [6.07, 6.45) is 1.55. The van der Waals surface area contributed by atoms with Gasteiger partial charge in [0.2, 0.25) is 0 Å². The summed E-state index contributed by atoms with van der Waals surface area (Å²) in [6, 6.07) is 20.0. The van der Waals surface area contributed by atoms with Gasteiger partial charge in [-0.3, -0.25) is 14.6 Å². The summed E-state index contributed by atoms with van der Waals surface area (Å²) in [7, 11) is 1.32. The van der Waals surface area contributed by atoms with Crippen LogP contribution < -0.4 is 15.5 Å². The van der Waals surface area contributed by atoms with E-state index in [1.807, 2.05) is 24.0 Å². The summed E-state index contributed by atoms with van der Waals surface area (Å²) < 4.78 is 24.5. The second-order valence-electron chi connectivity index (χ2n) is 10.1. The lowest BCUT2D eigenvalue weighted by molar-refractivity contribution is 0.0600. The van der Waals surface area contributed by atoms with Gasteiger partial charge in [-0.2, -0.15) is 0 Å². The van der Waals surface area contributed by atoms with Crippen LogP contribution in [0.5, 0.6) is 0 Å². The van der Waals surface area contributed by atoms with Crippen LogP contribution in [0.3, 0.4) is 0 Å². The summed E-state index contributed by atoms with van der Waals surface area (Å²) in [4.78, 5) is 43.8. The first kappa shape index (κ1) is 29.4. The van der Waals surface area contributed by atoms with Crippen LogP contribution in [0.4, 0.5) is 15.8 Å². The minimum absolute atomic E-state index is 0.207. The predicted octanol–water partition coefficient (Wildman–Crippen LogP) is 5.00. The molecule has 9 nitrogen and oxygen atoms in total. The van der Waals surface area contributed by atoms with Crippen LogP contribution in [-0.4, -0.2) is 56.2 Å². The minimum atomic E-state index is -0.488. The Balaban J connectivity index is 1.24. The molecule has 2 amide bonds. The Morgan fingerprint density at radius 1 is 0.907 bits per heavy atom. The van der Waals surface area contributed by atoms with Crippen LogP contribution in [0, 0.1) is 12.7 Å². The number of morpholine rings is 1. The van der Waals surface area contributed by atoms with Gasteiger partial charge in [-0.1, -0.05) is 24.3 Å². The molecular weight excluding hydrogens is 551 g/mol. The lowest BCUT2D eigenvalue weighted by Crippen LogP contribution is -2.36. The van der Waals surface area contributed by atoms with Crippen molar-refractivity contribution >= 4 is 29.2 Å². The highest BCUT2D eigenvalue weighted by Gasteiger charge is 2.17. The number of ether oxygens (including phenoxy) is 2. The van der Waals surface area contributed by atoms with Crippen LogP contribution in [0.25, 0.3) is 11.1 Å². The third-order valence-electron chi connectivity index (χ3n) is 7.15. The first-order valence-electron chi connectivity index (χ1n) is 13.8. The number of anilines is 2. The third kappa shape index (κ3) is 7.22. The summed E-state index contributed by atoms with van der Waals surface area (Å²) in [6.45, 7) is 4.51. The predicted molar refractivity (Wildman–Crippen MR) is 161 cm³/mol. The van der Waals surface area contributed by atoms with E-state index in [0.717, 1.165) is 22.4 Å². The van der Waals surface area contributed by atoms with Crippen LogP contribution >= 0.6 is 0 Å². The molecule has 2 heterocycles. The zero-order valence-electron chi connectivity index (χ0n) is 23.9. The molecule has 1 fully saturated rings. The fraction of sp³-hybridized carbons (Fsp3) is 0.212. The molecule has 10 heteroatoms. The smallest absolute Gasteiger partial charge is 0.337 e. The molecule has 43 heavy (non-hydrogen) atoms. The molecule has 5 rings (SSSR count). The van der Waals surface area contributed by atoms with Crippen molar-refractivity contribution in [3.63, 3.8) is 0 Å². The number of rotatable bonds is 8. The molecule has 0 saturated carbocycles. The van der Waals surface area contributed by atoms with Crippen molar-refractivity contribution in [1.29, 1.82) is 0 Å². The van der Waals surface area contributed by atoms with Gasteiger partial charge in [0.25, 0.3) is 11.8 Å². The Hall–Kier alpha value is -5.09. The number of halogens is 1. The van der Waals surface area contributed by atoms with Gasteiger partial charge in [0.05, 0.1) is 37.8 Å². The monoisotopic (exact) mass is 582 g/mol. The normalized spacial score (nSPS) is 12.9. The molecule has 0 bridgehead atoms. The molecule has 0 radical (unpaired) electrons. The summed E-state index contributed by atoms with van der Waals surface area (Å²) in [5.74, 6) is -1.60. The van der Waals surface area contributed by atoms with E-state index in [1.165, 1.54) is 19.2 Å². The van der Waals surface area contributed by atoms with E-state index in [0.29, 0.717) is 55.3 Å². The number of nitrogens with zero attached hydrogens (tertiary/aromatic N) is 2. The highest BCUT2D eigenvalue weighted by Crippen LogP contribution is 2.26. The van der Waals surface area contributed by atoms with Gasteiger partial charge in [0.1, 0.15) is 5.82 Å². The molecule has 220 valence electrons. The van der Waals surface area contributed by atoms with E-state index in [-0.39, 0.29) is 11.5 Å². The molecule has 3 aromatic carbocycles. The topological polar surface area (TPSA) is 110 Å². The Bertz CT molecular complexity index is 1630. The van der Waals surface area contributed by atoms with Gasteiger partial charge in [-0.05, 0) is 66.6 Å². The first-order valence-corrected chi connectivity index (χ1v) is 13.8. The minimum Gasteiger partial charge on any atom is -0.465 e. The van der Waals surface area contributed by atoms with Gasteiger partial charge < -0.3 is 25.0 Å². The van der Waals surface area contributed by atoms with Gasteiger partial charge >= 0.3 is 5.97 Å². The quantitative estimate of drug-likeness (QED) is 0.281. The number of aryl methyl sites for hydroxylation is 1. The van der Waals surface area contributed by atoms with Gasteiger partial charge in [0.15, 0.2) is 0 Å². The molecule has 0 spiro atoms. The molecule has 0 atom stereocenters. The number of esters is 1. The van der Waals surface area contributed by atoms with Crippen LogP contribution in [0.1, 0.15) is 42.3 Å². The number of carbonyl (C=O) groups is 3. The second kappa shape index (κ2) is 13.3. The van der Waals surface area contributed by atoms with Crippen molar-refractivity contribution in [3.05, 3.63) is 113 Å². The van der Waals surface area contributed by atoms with Crippen molar-refractivity contribution in [2.45, 2.75) is 13.5 Å². The molecule has 0 unspecified atom stereocenters. The molecule has 1 aliphatic heterocycles. The van der Waals surface area contributed by atoms with E-state index < -0.39 is 17.7 Å². The first-order chi connectivity index (χ1) is 20.8. The molecule has 1 aliphatic rings. The van der Waals surface area contributed by atoms with Crippen molar-refractivity contribution in [2.24, 2.45) is 0 Å². The standard InChI is InChI=1S/C33H31FN4O5/c1-21-30(23-7-9-24(10-8-23)31(39)36-19-22-3-5-25(6-4-22)33(41)42-2)18-28(20-35-21)37-32(40)26-15-27(34)17-29(16-26)38-11-13-43-14-12-38/h3-10,15-18,20H,11-14,19H2,1-2H3,(H,36,39)(H,37,40). The van der Waals surface area contributed by atoms with Gasteiger partial charge in [-0.15, -0.1) is 0 Å². The number of amides is 2. The number of benzene rings is 3. The Labute approximate surface area is 248 Å². The SMILES string of the molecule is COC(=O)c1ccc(CNC(=O)c2ccc(-c3cc(NC(=O)c4cc(F)cc(N5CCOCC5)c4)cnc3C)cc2)cc1. The lowest BCUT2D eigenvalue weighted by atomic mass is 10.0. The fourth-order valence-electron chi connectivity index (χ4n) is 4.77. The largest absolute Gasteiger partial charge is 0.465 e. The molecule has 0 aliphatic carbocycles. The van der Waals surface area contributed by atoms with Crippen molar-refractivity contribution < 1.29 is 28.2 Å². The maximum Gasteiger partial charge on any atom is 0.337 e.